The topological polar surface area (TPSA) is 77.2 Å². The summed E-state index contributed by atoms with van der Waals surface area (Å²) in [6, 6.07) is -0.115. The second-order valence-electron chi connectivity index (χ2n) is 4.49. The molecule has 0 aromatic carbocycles. The SMILES string of the molecule is CCS(=O)(=O)CCCC(=O)CC(N)C(C)C. The van der Waals surface area contributed by atoms with Crippen LogP contribution < -0.4 is 5.73 Å². The van der Waals surface area contributed by atoms with Gasteiger partial charge in [-0.2, -0.15) is 0 Å². The predicted molar refractivity (Wildman–Crippen MR) is 66.0 cm³/mol. The molecule has 5 heteroatoms. The Bertz CT molecular complexity index is 309. The van der Waals surface area contributed by atoms with Gasteiger partial charge in [0.15, 0.2) is 0 Å². The van der Waals surface area contributed by atoms with E-state index in [0.29, 0.717) is 19.3 Å². The van der Waals surface area contributed by atoms with E-state index in [1.807, 2.05) is 13.8 Å². The zero-order valence-corrected chi connectivity index (χ0v) is 11.2. The Morgan fingerprint density at radius 2 is 1.88 bits per heavy atom. The molecule has 0 aliphatic carbocycles. The highest BCUT2D eigenvalue weighted by atomic mass is 32.2. The Morgan fingerprint density at radius 3 is 2.31 bits per heavy atom. The van der Waals surface area contributed by atoms with Gasteiger partial charge in [0.05, 0.1) is 5.75 Å². The lowest BCUT2D eigenvalue weighted by atomic mass is 9.98. The Morgan fingerprint density at radius 1 is 1.31 bits per heavy atom. The van der Waals surface area contributed by atoms with Crippen molar-refractivity contribution in [2.24, 2.45) is 11.7 Å². The van der Waals surface area contributed by atoms with Gasteiger partial charge in [0.1, 0.15) is 15.6 Å². The fourth-order valence-electron chi connectivity index (χ4n) is 1.23. The van der Waals surface area contributed by atoms with Crippen molar-refractivity contribution < 1.29 is 13.2 Å². The van der Waals surface area contributed by atoms with E-state index < -0.39 is 9.84 Å². The zero-order chi connectivity index (χ0) is 12.8. The first-order chi connectivity index (χ1) is 7.28. The molecule has 0 rings (SSSR count). The molecule has 0 aliphatic rings. The van der Waals surface area contributed by atoms with Gasteiger partial charge in [0.2, 0.25) is 0 Å². The second-order valence-corrected chi connectivity index (χ2v) is 6.96. The molecular weight excluding hydrogens is 226 g/mol. The first kappa shape index (κ1) is 15.6. The smallest absolute Gasteiger partial charge is 0.150 e. The van der Waals surface area contributed by atoms with Crippen molar-refractivity contribution in [1.29, 1.82) is 0 Å². The molecule has 0 radical (unpaired) electrons. The highest BCUT2D eigenvalue weighted by Crippen LogP contribution is 2.07. The third-order valence-corrected chi connectivity index (χ3v) is 4.46. The van der Waals surface area contributed by atoms with Gasteiger partial charge in [0, 0.05) is 24.6 Å². The lowest BCUT2D eigenvalue weighted by Crippen LogP contribution is -2.29. The zero-order valence-electron chi connectivity index (χ0n) is 10.4. The second kappa shape index (κ2) is 7.01. The Labute approximate surface area is 98.5 Å². The van der Waals surface area contributed by atoms with Crippen LogP contribution in [0.5, 0.6) is 0 Å². The van der Waals surface area contributed by atoms with E-state index in [0.717, 1.165) is 0 Å². The maximum Gasteiger partial charge on any atom is 0.150 e. The fraction of sp³-hybridized carbons (Fsp3) is 0.909. The normalized spacial score (nSPS) is 14.1. The number of carbonyl (C=O) groups is 1. The maximum absolute atomic E-state index is 11.5. The van der Waals surface area contributed by atoms with Gasteiger partial charge in [-0.25, -0.2) is 8.42 Å². The number of sulfone groups is 1. The Balaban J connectivity index is 3.83. The summed E-state index contributed by atoms with van der Waals surface area (Å²) >= 11 is 0. The Hall–Kier alpha value is -0.420. The third kappa shape index (κ3) is 6.95. The Kier molecular flexibility index (Phi) is 6.83. The van der Waals surface area contributed by atoms with Gasteiger partial charge in [-0.05, 0) is 12.3 Å². The highest BCUT2D eigenvalue weighted by Gasteiger charge is 2.14. The standard InChI is InChI=1S/C11H23NO3S/c1-4-16(14,15)7-5-6-10(13)8-11(12)9(2)3/h9,11H,4-8,12H2,1-3H3. The van der Waals surface area contributed by atoms with Gasteiger partial charge < -0.3 is 5.73 Å². The van der Waals surface area contributed by atoms with Gasteiger partial charge >= 0.3 is 0 Å². The highest BCUT2D eigenvalue weighted by molar-refractivity contribution is 7.91. The molecule has 0 amide bonds. The van der Waals surface area contributed by atoms with Crippen LogP contribution in [-0.2, 0) is 14.6 Å². The number of carbonyl (C=O) groups excluding carboxylic acids is 1. The van der Waals surface area contributed by atoms with Crippen LogP contribution in [0.15, 0.2) is 0 Å². The van der Waals surface area contributed by atoms with Crippen molar-refractivity contribution in [2.75, 3.05) is 11.5 Å². The number of Topliss-reactive ketones (excluding diaryl/α,β-unsaturated/α-hetero) is 1. The molecular formula is C11H23NO3S. The van der Waals surface area contributed by atoms with E-state index in [1.165, 1.54) is 0 Å². The monoisotopic (exact) mass is 249 g/mol. The van der Waals surface area contributed by atoms with E-state index in [1.54, 1.807) is 6.92 Å². The minimum absolute atomic E-state index is 0.0625. The summed E-state index contributed by atoms with van der Waals surface area (Å²) < 4.78 is 22.4. The van der Waals surface area contributed by atoms with Gasteiger partial charge in [0.25, 0.3) is 0 Å². The van der Waals surface area contributed by atoms with Crippen molar-refractivity contribution in [3.05, 3.63) is 0 Å². The first-order valence-corrected chi connectivity index (χ1v) is 7.58. The third-order valence-electron chi connectivity index (χ3n) is 2.67. The number of hydrogen-bond donors (Lipinski definition) is 1. The van der Waals surface area contributed by atoms with Crippen molar-refractivity contribution >= 4 is 15.6 Å². The molecule has 16 heavy (non-hydrogen) atoms. The molecule has 2 N–H and O–H groups in total. The van der Waals surface area contributed by atoms with Crippen molar-refractivity contribution in [1.82, 2.24) is 0 Å². The predicted octanol–water partition coefficient (Wildman–Crippen LogP) is 1.14. The summed E-state index contributed by atoms with van der Waals surface area (Å²) in [5.74, 6) is 0.592. The van der Waals surface area contributed by atoms with Crippen LogP contribution in [0, 0.1) is 5.92 Å². The summed E-state index contributed by atoms with van der Waals surface area (Å²) in [6.07, 6.45) is 1.09. The molecule has 0 aromatic rings. The van der Waals surface area contributed by atoms with Gasteiger partial charge in [-0.3, -0.25) is 4.79 Å². The van der Waals surface area contributed by atoms with Crippen molar-refractivity contribution in [3.63, 3.8) is 0 Å². The number of hydrogen-bond acceptors (Lipinski definition) is 4. The minimum atomic E-state index is -2.94. The average molecular weight is 249 g/mol. The summed E-state index contributed by atoms with van der Waals surface area (Å²) in [6.45, 7) is 5.56. The van der Waals surface area contributed by atoms with E-state index in [9.17, 15) is 13.2 Å². The van der Waals surface area contributed by atoms with Crippen LogP contribution in [0.2, 0.25) is 0 Å². The molecule has 96 valence electrons. The van der Waals surface area contributed by atoms with E-state index in [2.05, 4.69) is 0 Å². The van der Waals surface area contributed by atoms with Crippen molar-refractivity contribution in [3.8, 4) is 0 Å². The lowest BCUT2D eigenvalue weighted by molar-refractivity contribution is -0.119. The molecule has 0 aromatic heterocycles. The largest absolute Gasteiger partial charge is 0.327 e. The molecule has 0 bridgehead atoms. The summed E-state index contributed by atoms with van der Waals surface area (Å²) in [7, 11) is -2.94. The van der Waals surface area contributed by atoms with Crippen LogP contribution >= 0.6 is 0 Å². The van der Waals surface area contributed by atoms with Crippen molar-refractivity contribution in [2.45, 2.75) is 46.1 Å². The molecule has 0 fully saturated rings. The number of nitrogens with two attached hydrogens (primary N) is 1. The van der Waals surface area contributed by atoms with E-state index >= 15 is 0 Å². The summed E-state index contributed by atoms with van der Waals surface area (Å²) in [5.41, 5.74) is 5.76. The molecule has 1 atom stereocenters. The summed E-state index contributed by atoms with van der Waals surface area (Å²) in [4.78, 5) is 11.5. The van der Waals surface area contributed by atoms with Gasteiger partial charge in [-0.1, -0.05) is 20.8 Å². The first-order valence-electron chi connectivity index (χ1n) is 5.76. The van der Waals surface area contributed by atoms with Crippen LogP contribution in [-0.4, -0.2) is 31.7 Å². The number of ketones is 1. The molecule has 0 saturated carbocycles. The molecule has 4 nitrogen and oxygen atoms in total. The van der Waals surface area contributed by atoms with Gasteiger partial charge in [-0.15, -0.1) is 0 Å². The molecule has 0 spiro atoms. The lowest BCUT2D eigenvalue weighted by Gasteiger charge is -2.14. The molecule has 0 saturated heterocycles. The van der Waals surface area contributed by atoms with Crippen LogP contribution in [0.3, 0.4) is 0 Å². The molecule has 0 aliphatic heterocycles. The summed E-state index contributed by atoms with van der Waals surface area (Å²) in [5, 5.41) is 0. The average Bonchev–Trinajstić information content (AvgIpc) is 2.17. The van der Waals surface area contributed by atoms with E-state index in [-0.39, 0.29) is 29.2 Å². The van der Waals surface area contributed by atoms with Crippen LogP contribution in [0.25, 0.3) is 0 Å². The van der Waals surface area contributed by atoms with E-state index in [4.69, 9.17) is 5.73 Å². The minimum Gasteiger partial charge on any atom is -0.327 e. The fourth-order valence-corrected chi connectivity index (χ4v) is 2.11. The maximum atomic E-state index is 11.5. The van der Waals surface area contributed by atoms with Crippen LogP contribution in [0.1, 0.15) is 40.0 Å². The van der Waals surface area contributed by atoms with Crippen LogP contribution in [0.4, 0.5) is 0 Å². The molecule has 0 heterocycles. The molecule has 1 unspecified atom stereocenters. The number of rotatable bonds is 8. The quantitative estimate of drug-likeness (QED) is 0.700.